The maximum absolute atomic E-state index is 13.7. The second-order valence-electron chi connectivity index (χ2n) is 14.4. The molecule has 8 rings (SSSR count). The molecule has 11 nitrogen and oxygen atoms in total. The van der Waals surface area contributed by atoms with Gasteiger partial charge in [0.1, 0.15) is 5.82 Å². The lowest BCUT2D eigenvalue weighted by molar-refractivity contribution is 0.0981. The molecule has 3 aromatic rings. The van der Waals surface area contributed by atoms with Crippen LogP contribution in [0.1, 0.15) is 87.7 Å². The van der Waals surface area contributed by atoms with Crippen molar-refractivity contribution in [2.45, 2.75) is 88.6 Å². The predicted molar refractivity (Wildman–Crippen MR) is 166 cm³/mol. The highest BCUT2D eigenvalue weighted by molar-refractivity contribution is 7.90. The number of aromatic nitrogens is 4. The molecule has 1 atom stereocenters. The molecule has 1 amide bonds. The van der Waals surface area contributed by atoms with Crippen LogP contribution in [0.25, 0.3) is 5.82 Å². The number of nitrogens with zero attached hydrogens (tertiary/aromatic N) is 5. The smallest absolute Gasteiger partial charge is 0.285 e. The highest BCUT2D eigenvalue weighted by Gasteiger charge is 2.85. The highest BCUT2D eigenvalue weighted by Crippen LogP contribution is 2.93. The summed E-state index contributed by atoms with van der Waals surface area (Å²) in [6.45, 7) is 5.61. The first-order valence-electron chi connectivity index (χ1n) is 16.3. The number of aryl methyl sites for hydroxylation is 1. The van der Waals surface area contributed by atoms with Crippen LogP contribution < -0.4 is 14.4 Å². The molecule has 12 heteroatoms. The number of pyridine rings is 2. The first-order valence-corrected chi connectivity index (χ1v) is 17.7. The van der Waals surface area contributed by atoms with Gasteiger partial charge < -0.3 is 14.7 Å². The number of ether oxygens (including phenoxy) is 1. The van der Waals surface area contributed by atoms with Crippen molar-refractivity contribution in [1.82, 2.24) is 24.5 Å². The number of carbonyl (C=O) groups is 1. The van der Waals surface area contributed by atoms with Crippen LogP contribution in [-0.2, 0) is 16.4 Å². The van der Waals surface area contributed by atoms with Crippen molar-refractivity contribution in [2.24, 2.45) is 22.7 Å². The third-order valence-electron chi connectivity index (χ3n) is 11.3. The van der Waals surface area contributed by atoms with Crippen LogP contribution in [0.15, 0.2) is 41.6 Å². The molecule has 2 N–H and O–H groups in total. The van der Waals surface area contributed by atoms with Gasteiger partial charge in [-0.15, -0.1) is 5.10 Å². The molecule has 3 saturated carbocycles. The Bertz CT molecular complexity index is 1780. The Kier molecular flexibility index (Phi) is 6.34. The molecule has 3 aliphatic carbocycles. The van der Waals surface area contributed by atoms with Gasteiger partial charge in [0.2, 0.25) is 10.9 Å². The zero-order chi connectivity index (χ0) is 31.2. The summed E-state index contributed by atoms with van der Waals surface area (Å²) in [4.78, 5) is 24.9. The summed E-state index contributed by atoms with van der Waals surface area (Å²) in [5, 5.41) is 14.4. The Hall–Kier alpha value is -3.67. The van der Waals surface area contributed by atoms with Crippen LogP contribution in [0, 0.1) is 22.7 Å². The summed E-state index contributed by atoms with van der Waals surface area (Å²) in [6.07, 6.45) is 12.7. The SMILES string of the molecule is CC1(C)C[C@@H]2CCCCc3ccc(O)c(n3)S(=O)(=O)NC(=O)c3ccc(-n4ccc(OCCC5C6(CC6)C56CC6)n4)nc3N1C2. The standard InChI is InChI=1S/C33H40N6O5S/c1-31(2)19-21-5-3-4-6-22-7-9-24(40)30(34-22)45(42,43)37-29(41)23-8-10-26(35-28(23)38(31)20-21)39-17-11-27(36-39)44-18-12-25-32(13-14-32)33(25)15-16-33/h7-11,17,21,25,40H,3-6,12-16,18-20H2,1-2H3,(H,37,41)/t21-/m0/s1. The number of aromatic hydroxyl groups is 1. The second-order valence-corrected chi connectivity index (χ2v) is 16.0. The molecule has 45 heavy (non-hydrogen) atoms. The first-order chi connectivity index (χ1) is 21.5. The largest absolute Gasteiger partial charge is 0.505 e. The van der Waals surface area contributed by atoms with Crippen LogP contribution in [0.4, 0.5) is 5.82 Å². The van der Waals surface area contributed by atoms with E-state index in [1.807, 2.05) is 6.07 Å². The summed E-state index contributed by atoms with van der Waals surface area (Å²) in [5.74, 6) is 1.28. The molecule has 4 bridgehead atoms. The Balaban J connectivity index is 1.08. The lowest BCUT2D eigenvalue weighted by Crippen LogP contribution is -2.41. The highest BCUT2D eigenvalue weighted by atomic mass is 32.2. The number of fused-ring (bicyclic) bond motifs is 7. The van der Waals surface area contributed by atoms with E-state index in [1.54, 1.807) is 29.1 Å². The van der Waals surface area contributed by atoms with E-state index in [2.05, 4.69) is 33.6 Å². The summed E-state index contributed by atoms with van der Waals surface area (Å²) >= 11 is 0. The molecule has 3 aromatic heterocycles. The molecule has 0 radical (unpaired) electrons. The fourth-order valence-electron chi connectivity index (χ4n) is 8.82. The summed E-state index contributed by atoms with van der Waals surface area (Å²) in [5.41, 5.74) is 1.68. The third kappa shape index (κ3) is 4.78. The lowest BCUT2D eigenvalue weighted by Gasteiger charge is -2.34. The molecule has 2 aliphatic heterocycles. The average Bonchev–Trinajstić information content (AvgIpc) is 3.95. The topological polar surface area (TPSA) is 140 Å². The molecule has 1 saturated heterocycles. The number of carbonyl (C=O) groups excluding carboxylic acids is 1. The number of hydrogen-bond acceptors (Lipinski definition) is 9. The van der Waals surface area contributed by atoms with Crippen molar-refractivity contribution >= 4 is 21.7 Å². The first kappa shape index (κ1) is 28.8. The minimum Gasteiger partial charge on any atom is -0.505 e. The fourth-order valence-corrected chi connectivity index (χ4v) is 9.85. The van der Waals surface area contributed by atoms with Crippen molar-refractivity contribution in [1.29, 1.82) is 0 Å². The molecule has 4 fully saturated rings. The van der Waals surface area contributed by atoms with E-state index in [-0.39, 0.29) is 11.1 Å². The van der Waals surface area contributed by atoms with E-state index in [0.29, 0.717) is 59.5 Å². The van der Waals surface area contributed by atoms with Crippen molar-refractivity contribution in [2.75, 3.05) is 18.1 Å². The van der Waals surface area contributed by atoms with Crippen LogP contribution in [-0.4, -0.2) is 57.9 Å². The maximum Gasteiger partial charge on any atom is 0.285 e. The zero-order valence-corrected chi connectivity index (χ0v) is 26.6. The molecular weight excluding hydrogens is 592 g/mol. The predicted octanol–water partition coefficient (Wildman–Crippen LogP) is 4.78. The summed E-state index contributed by atoms with van der Waals surface area (Å²) < 4.78 is 36.5. The van der Waals surface area contributed by atoms with Gasteiger partial charge in [0.15, 0.2) is 11.6 Å². The molecule has 5 aliphatic rings. The number of rotatable bonds is 5. The van der Waals surface area contributed by atoms with Crippen LogP contribution in [0.5, 0.6) is 11.6 Å². The van der Waals surface area contributed by atoms with Crippen LogP contribution in [0.2, 0.25) is 0 Å². The molecular formula is C33H40N6O5S. The second kappa shape index (κ2) is 9.91. The van der Waals surface area contributed by atoms with Gasteiger partial charge in [0.05, 0.1) is 12.2 Å². The van der Waals surface area contributed by atoms with Crippen molar-refractivity contribution in [3.05, 3.63) is 47.8 Å². The minimum atomic E-state index is -4.46. The number of nitrogens with one attached hydrogen (secondary N) is 1. The Labute approximate surface area is 263 Å². The van der Waals surface area contributed by atoms with E-state index in [4.69, 9.17) is 9.72 Å². The Morgan fingerprint density at radius 1 is 1.04 bits per heavy atom. The quantitative estimate of drug-likeness (QED) is 0.407. The molecule has 2 spiro atoms. The van der Waals surface area contributed by atoms with E-state index < -0.39 is 26.7 Å². The van der Waals surface area contributed by atoms with Gasteiger partial charge in [-0.3, -0.25) is 4.79 Å². The van der Waals surface area contributed by atoms with Gasteiger partial charge in [-0.1, -0.05) is 6.42 Å². The third-order valence-corrected chi connectivity index (χ3v) is 12.5. The normalized spacial score (nSPS) is 25.2. The van der Waals surface area contributed by atoms with Gasteiger partial charge >= 0.3 is 0 Å². The van der Waals surface area contributed by atoms with E-state index >= 15 is 0 Å². The van der Waals surface area contributed by atoms with Crippen molar-refractivity contribution in [3.63, 3.8) is 0 Å². The van der Waals surface area contributed by atoms with Gasteiger partial charge in [-0.05, 0) is 119 Å². The summed E-state index contributed by atoms with van der Waals surface area (Å²) in [6, 6.07) is 8.02. The number of sulfonamides is 1. The average molecular weight is 633 g/mol. The number of hydrogen-bond donors (Lipinski definition) is 2. The maximum atomic E-state index is 13.7. The van der Waals surface area contributed by atoms with Gasteiger partial charge in [0.25, 0.3) is 15.9 Å². The van der Waals surface area contributed by atoms with Crippen LogP contribution in [0.3, 0.4) is 0 Å². The molecule has 0 unspecified atom stereocenters. The Morgan fingerprint density at radius 3 is 2.58 bits per heavy atom. The molecule has 0 aromatic carbocycles. The van der Waals surface area contributed by atoms with Crippen molar-refractivity contribution < 1.29 is 23.1 Å². The van der Waals surface area contributed by atoms with Crippen molar-refractivity contribution in [3.8, 4) is 17.4 Å². The van der Waals surface area contributed by atoms with Gasteiger partial charge in [-0.2, -0.15) is 8.42 Å². The minimum absolute atomic E-state index is 0.123. The zero-order valence-electron chi connectivity index (χ0n) is 25.8. The fraction of sp³-hybridized carbons (Fsp3) is 0.576. The van der Waals surface area contributed by atoms with E-state index in [0.717, 1.165) is 38.0 Å². The van der Waals surface area contributed by atoms with Gasteiger partial charge in [0, 0.05) is 30.0 Å². The molecule has 238 valence electrons. The lowest BCUT2D eigenvalue weighted by atomic mass is 9.92. The molecule has 5 heterocycles. The van der Waals surface area contributed by atoms with E-state index in [1.165, 1.54) is 31.7 Å². The summed E-state index contributed by atoms with van der Waals surface area (Å²) in [7, 11) is -4.46. The monoisotopic (exact) mass is 632 g/mol. The van der Waals surface area contributed by atoms with E-state index in [9.17, 15) is 18.3 Å². The number of amides is 1. The van der Waals surface area contributed by atoms with Crippen LogP contribution >= 0.6 is 0 Å². The Morgan fingerprint density at radius 2 is 1.82 bits per heavy atom. The number of anilines is 1. The van der Waals surface area contributed by atoms with Gasteiger partial charge in [-0.25, -0.2) is 19.4 Å².